The van der Waals surface area contributed by atoms with Gasteiger partial charge in [0.2, 0.25) is 5.91 Å². The summed E-state index contributed by atoms with van der Waals surface area (Å²) in [6, 6.07) is 9.34. The van der Waals surface area contributed by atoms with Crippen LogP contribution in [0.2, 0.25) is 15.1 Å². The number of rotatable bonds is 5. The number of nitrogens with one attached hydrogen (secondary N) is 2. The van der Waals surface area contributed by atoms with Crippen molar-refractivity contribution in [3.8, 4) is 0 Å². The summed E-state index contributed by atoms with van der Waals surface area (Å²) >= 11 is 17.9. The second-order valence-corrected chi connectivity index (χ2v) is 5.96. The van der Waals surface area contributed by atoms with E-state index in [-0.39, 0.29) is 12.5 Å². The van der Waals surface area contributed by atoms with Crippen LogP contribution in [0.15, 0.2) is 36.4 Å². The molecule has 5 nitrogen and oxygen atoms in total. The van der Waals surface area contributed by atoms with Crippen LogP contribution >= 0.6 is 34.8 Å². The molecule has 0 saturated carbocycles. The highest BCUT2D eigenvalue weighted by Crippen LogP contribution is 2.26. The Balaban J connectivity index is 2.03. The Bertz CT molecular complexity index is 781. The molecule has 2 aromatic carbocycles. The number of amides is 1. The molecule has 126 valence electrons. The first-order chi connectivity index (χ1) is 11.4. The lowest BCUT2D eigenvalue weighted by atomic mass is 10.2. The molecule has 24 heavy (non-hydrogen) atoms. The highest BCUT2D eigenvalue weighted by Gasteiger charge is 2.11. The molecular formula is C16H13Cl3N2O3. The predicted octanol–water partition coefficient (Wildman–Crippen LogP) is 4.48. The summed E-state index contributed by atoms with van der Waals surface area (Å²) in [5.41, 5.74) is 1.17. The molecule has 0 unspecified atom stereocenters. The molecule has 8 heteroatoms. The summed E-state index contributed by atoms with van der Waals surface area (Å²) in [6.45, 7) is -0.0762. The number of anilines is 2. The van der Waals surface area contributed by atoms with Crippen molar-refractivity contribution >= 4 is 58.1 Å². The van der Waals surface area contributed by atoms with E-state index in [0.717, 1.165) is 0 Å². The van der Waals surface area contributed by atoms with Gasteiger partial charge in [0, 0.05) is 5.02 Å². The number of carbonyl (C=O) groups is 2. The van der Waals surface area contributed by atoms with Gasteiger partial charge in [-0.1, -0.05) is 34.8 Å². The normalized spacial score (nSPS) is 10.2. The topological polar surface area (TPSA) is 67.4 Å². The highest BCUT2D eigenvalue weighted by molar-refractivity contribution is 6.35. The minimum absolute atomic E-state index is 0.0762. The third-order valence-corrected chi connectivity index (χ3v) is 3.92. The zero-order valence-corrected chi connectivity index (χ0v) is 14.8. The third-order valence-electron chi connectivity index (χ3n) is 3.03. The SMILES string of the molecule is COC(=O)c1ccc(Cl)c(NCC(=O)Nc2cc(Cl)ccc2Cl)c1. The van der Waals surface area contributed by atoms with Crippen molar-refractivity contribution in [3.63, 3.8) is 0 Å². The average molecular weight is 388 g/mol. The van der Waals surface area contributed by atoms with Crippen molar-refractivity contribution in [3.05, 3.63) is 57.0 Å². The summed E-state index contributed by atoms with van der Waals surface area (Å²) in [5, 5.41) is 6.70. The smallest absolute Gasteiger partial charge is 0.337 e. The van der Waals surface area contributed by atoms with E-state index >= 15 is 0 Å². The van der Waals surface area contributed by atoms with Crippen LogP contribution in [0.25, 0.3) is 0 Å². The molecule has 0 aliphatic heterocycles. The fourth-order valence-electron chi connectivity index (χ4n) is 1.87. The Kier molecular flexibility index (Phi) is 6.31. The van der Waals surface area contributed by atoms with Crippen LogP contribution in [0.4, 0.5) is 11.4 Å². The van der Waals surface area contributed by atoms with Crippen molar-refractivity contribution in [1.29, 1.82) is 0 Å². The molecule has 2 rings (SSSR count). The van der Waals surface area contributed by atoms with Gasteiger partial charge in [-0.15, -0.1) is 0 Å². The first-order valence-corrected chi connectivity index (χ1v) is 7.90. The molecule has 0 radical (unpaired) electrons. The lowest BCUT2D eigenvalue weighted by Crippen LogP contribution is -2.22. The van der Waals surface area contributed by atoms with Gasteiger partial charge in [-0.2, -0.15) is 0 Å². The van der Waals surface area contributed by atoms with Gasteiger partial charge in [-0.25, -0.2) is 4.79 Å². The largest absolute Gasteiger partial charge is 0.465 e. The molecule has 0 heterocycles. The zero-order valence-electron chi connectivity index (χ0n) is 12.5. The number of hydrogen-bond acceptors (Lipinski definition) is 4. The van der Waals surface area contributed by atoms with E-state index in [1.807, 2.05) is 0 Å². The van der Waals surface area contributed by atoms with Crippen LogP contribution in [0.1, 0.15) is 10.4 Å². The molecule has 0 atom stereocenters. The summed E-state index contributed by atoms with van der Waals surface area (Å²) in [4.78, 5) is 23.6. The number of esters is 1. The van der Waals surface area contributed by atoms with Gasteiger partial charge in [0.05, 0.1) is 40.6 Å². The van der Waals surface area contributed by atoms with E-state index in [4.69, 9.17) is 34.8 Å². The first kappa shape index (κ1) is 18.4. The molecule has 0 spiro atoms. The Morgan fingerprint density at radius 3 is 2.38 bits per heavy atom. The Morgan fingerprint density at radius 1 is 1.00 bits per heavy atom. The van der Waals surface area contributed by atoms with Crippen LogP contribution in [-0.4, -0.2) is 25.5 Å². The number of ether oxygens (including phenoxy) is 1. The van der Waals surface area contributed by atoms with Gasteiger partial charge in [0.1, 0.15) is 0 Å². The second kappa shape index (κ2) is 8.24. The van der Waals surface area contributed by atoms with Crippen LogP contribution in [-0.2, 0) is 9.53 Å². The maximum Gasteiger partial charge on any atom is 0.337 e. The predicted molar refractivity (Wildman–Crippen MR) is 96.4 cm³/mol. The second-order valence-electron chi connectivity index (χ2n) is 4.71. The number of methoxy groups -OCH3 is 1. The Morgan fingerprint density at radius 2 is 1.67 bits per heavy atom. The maximum atomic E-state index is 12.0. The van der Waals surface area contributed by atoms with Crippen LogP contribution in [0.5, 0.6) is 0 Å². The van der Waals surface area contributed by atoms with Crippen LogP contribution in [0, 0.1) is 0 Å². The van der Waals surface area contributed by atoms with Crippen molar-refractivity contribution in [1.82, 2.24) is 0 Å². The average Bonchev–Trinajstić information content (AvgIpc) is 2.56. The number of hydrogen-bond donors (Lipinski definition) is 2. The van der Waals surface area contributed by atoms with Gasteiger partial charge in [-0.05, 0) is 36.4 Å². The Hall–Kier alpha value is -1.95. The molecule has 0 fully saturated rings. The minimum atomic E-state index is -0.495. The van der Waals surface area contributed by atoms with Crippen LogP contribution in [0.3, 0.4) is 0 Å². The number of carbonyl (C=O) groups excluding carboxylic acids is 2. The van der Waals surface area contributed by atoms with Gasteiger partial charge in [-0.3, -0.25) is 4.79 Å². The lowest BCUT2D eigenvalue weighted by molar-refractivity contribution is -0.114. The van der Waals surface area contributed by atoms with Crippen molar-refractivity contribution in [2.75, 3.05) is 24.3 Å². The first-order valence-electron chi connectivity index (χ1n) is 6.77. The van der Waals surface area contributed by atoms with Gasteiger partial charge in [0.25, 0.3) is 0 Å². The minimum Gasteiger partial charge on any atom is -0.465 e. The van der Waals surface area contributed by atoms with E-state index in [0.29, 0.717) is 32.0 Å². The fraction of sp³-hybridized carbons (Fsp3) is 0.125. The molecule has 0 aliphatic carbocycles. The lowest BCUT2D eigenvalue weighted by Gasteiger charge is -2.11. The fourth-order valence-corrected chi connectivity index (χ4v) is 2.39. The van der Waals surface area contributed by atoms with Crippen LogP contribution < -0.4 is 10.6 Å². The Labute approximate surface area is 153 Å². The molecule has 0 bridgehead atoms. The molecule has 1 amide bonds. The van der Waals surface area contributed by atoms with E-state index in [9.17, 15) is 9.59 Å². The van der Waals surface area contributed by atoms with E-state index in [1.54, 1.807) is 24.3 Å². The van der Waals surface area contributed by atoms with Crippen molar-refractivity contribution < 1.29 is 14.3 Å². The maximum absolute atomic E-state index is 12.0. The summed E-state index contributed by atoms with van der Waals surface area (Å²) in [5.74, 6) is -0.844. The molecular weight excluding hydrogens is 375 g/mol. The van der Waals surface area contributed by atoms with Crippen molar-refractivity contribution in [2.45, 2.75) is 0 Å². The summed E-state index contributed by atoms with van der Waals surface area (Å²) < 4.78 is 4.64. The van der Waals surface area contributed by atoms with Gasteiger partial charge >= 0.3 is 5.97 Å². The quantitative estimate of drug-likeness (QED) is 0.742. The molecule has 0 saturated heterocycles. The number of benzene rings is 2. The summed E-state index contributed by atoms with van der Waals surface area (Å²) in [7, 11) is 1.28. The molecule has 0 aromatic heterocycles. The molecule has 0 aliphatic rings. The van der Waals surface area contributed by atoms with E-state index in [2.05, 4.69) is 15.4 Å². The van der Waals surface area contributed by atoms with Gasteiger partial charge in [0.15, 0.2) is 0 Å². The standard InChI is InChI=1S/C16H13Cl3N2O3/c1-24-16(23)9-2-4-11(18)13(6-9)20-8-15(22)21-14-7-10(17)3-5-12(14)19/h2-7,20H,8H2,1H3,(H,21,22). The van der Waals surface area contributed by atoms with Crippen molar-refractivity contribution in [2.24, 2.45) is 0 Å². The molecule has 2 aromatic rings. The number of halogens is 3. The summed E-state index contributed by atoms with van der Waals surface area (Å²) in [6.07, 6.45) is 0. The van der Waals surface area contributed by atoms with Gasteiger partial charge < -0.3 is 15.4 Å². The monoisotopic (exact) mass is 386 g/mol. The van der Waals surface area contributed by atoms with E-state index < -0.39 is 5.97 Å². The third kappa shape index (κ3) is 4.77. The zero-order chi connectivity index (χ0) is 17.7. The van der Waals surface area contributed by atoms with E-state index in [1.165, 1.54) is 19.2 Å². The molecule has 2 N–H and O–H groups in total. The highest BCUT2D eigenvalue weighted by atomic mass is 35.5.